The monoisotopic (exact) mass is 295 g/mol. The molecule has 2 aliphatic rings. The molecule has 3 heterocycles. The summed E-state index contributed by atoms with van der Waals surface area (Å²) in [5.41, 5.74) is 1.41. The molecule has 1 amide bonds. The molecule has 0 radical (unpaired) electrons. The van der Waals surface area contributed by atoms with E-state index in [1.807, 2.05) is 4.90 Å². The van der Waals surface area contributed by atoms with Crippen molar-refractivity contribution >= 4 is 5.91 Å². The molecule has 22 heavy (non-hydrogen) atoms. The van der Waals surface area contributed by atoms with Crippen molar-refractivity contribution in [3.8, 4) is 0 Å². The molecule has 1 saturated carbocycles. The number of hydrogen-bond donors (Lipinski definition) is 0. The summed E-state index contributed by atoms with van der Waals surface area (Å²) < 4.78 is 0. The molecule has 0 aromatic carbocycles. The fraction of sp³-hybridized carbons (Fsp3) is 0.438. The van der Waals surface area contributed by atoms with Crippen molar-refractivity contribution in [2.45, 2.75) is 37.6 Å². The predicted molar refractivity (Wildman–Crippen MR) is 79.1 cm³/mol. The first-order valence-corrected chi connectivity index (χ1v) is 7.72. The zero-order chi connectivity index (χ0) is 14.9. The van der Waals surface area contributed by atoms with E-state index in [1.165, 1.54) is 0 Å². The van der Waals surface area contributed by atoms with Gasteiger partial charge in [0.25, 0.3) is 5.91 Å². The number of carbonyl (C=O) groups is 1. The van der Waals surface area contributed by atoms with Gasteiger partial charge in [-0.1, -0.05) is 0 Å². The van der Waals surface area contributed by atoms with Crippen LogP contribution in [0, 0.1) is 0 Å². The lowest BCUT2D eigenvalue weighted by Gasteiger charge is -2.23. The highest BCUT2D eigenvalue weighted by Gasteiger charge is 2.32. The van der Waals surface area contributed by atoms with E-state index in [2.05, 4.69) is 19.9 Å². The summed E-state index contributed by atoms with van der Waals surface area (Å²) in [5.74, 6) is 1.35. The number of hydrogen-bond acceptors (Lipinski definition) is 5. The maximum atomic E-state index is 12.7. The highest BCUT2D eigenvalue weighted by atomic mass is 16.2. The van der Waals surface area contributed by atoms with Crippen LogP contribution in [0.25, 0.3) is 0 Å². The molecule has 1 aliphatic heterocycles. The van der Waals surface area contributed by atoms with Crippen LogP contribution in [0.2, 0.25) is 0 Å². The molecule has 112 valence electrons. The summed E-state index contributed by atoms with van der Waals surface area (Å²) in [6.45, 7) is 0.741. The molecular weight excluding hydrogens is 278 g/mol. The second-order valence-electron chi connectivity index (χ2n) is 5.89. The fourth-order valence-electron chi connectivity index (χ4n) is 2.97. The van der Waals surface area contributed by atoms with Gasteiger partial charge in [0.05, 0.1) is 23.5 Å². The molecule has 1 atom stereocenters. The highest BCUT2D eigenvalue weighted by molar-refractivity contribution is 5.94. The first kappa shape index (κ1) is 13.3. The summed E-state index contributed by atoms with van der Waals surface area (Å²) in [4.78, 5) is 31.7. The van der Waals surface area contributed by atoms with E-state index in [0.717, 1.165) is 43.7 Å². The molecule has 4 rings (SSSR count). The Morgan fingerprint density at radius 1 is 1.05 bits per heavy atom. The van der Waals surface area contributed by atoms with Gasteiger partial charge in [-0.25, -0.2) is 9.97 Å². The SMILES string of the molecule is O=C(c1cnc(C2CC2)nc1)N1CCC[C@@H]1c1cnccn1. The Morgan fingerprint density at radius 2 is 1.86 bits per heavy atom. The lowest BCUT2D eigenvalue weighted by Crippen LogP contribution is -2.31. The average molecular weight is 295 g/mol. The summed E-state index contributed by atoms with van der Waals surface area (Å²) in [7, 11) is 0. The van der Waals surface area contributed by atoms with Gasteiger partial charge in [-0.3, -0.25) is 14.8 Å². The van der Waals surface area contributed by atoms with E-state index >= 15 is 0 Å². The van der Waals surface area contributed by atoms with Gasteiger partial charge >= 0.3 is 0 Å². The van der Waals surface area contributed by atoms with Gasteiger partial charge in [0, 0.05) is 37.3 Å². The third-order valence-electron chi connectivity index (χ3n) is 4.30. The van der Waals surface area contributed by atoms with Gasteiger partial charge in [-0.2, -0.15) is 0 Å². The normalized spacial score (nSPS) is 21.1. The second-order valence-corrected chi connectivity index (χ2v) is 5.89. The van der Waals surface area contributed by atoms with E-state index in [0.29, 0.717) is 11.5 Å². The van der Waals surface area contributed by atoms with Gasteiger partial charge in [0.2, 0.25) is 0 Å². The first-order chi connectivity index (χ1) is 10.8. The zero-order valence-electron chi connectivity index (χ0n) is 12.2. The molecule has 6 nitrogen and oxygen atoms in total. The van der Waals surface area contributed by atoms with Crippen LogP contribution >= 0.6 is 0 Å². The van der Waals surface area contributed by atoms with Gasteiger partial charge in [-0.15, -0.1) is 0 Å². The first-order valence-electron chi connectivity index (χ1n) is 7.72. The quantitative estimate of drug-likeness (QED) is 0.867. The van der Waals surface area contributed by atoms with Crippen molar-refractivity contribution < 1.29 is 4.79 Å². The Labute approximate surface area is 128 Å². The third kappa shape index (κ3) is 2.45. The summed E-state index contributed by atoms with van der Waals surface area (Å²) in [6.07, 6.45) is 12.6. The molecular formula is C16H17N5O. The smallest absolute Gasteiger partial charge is 0.257 e. The van der Waals surface area contributed by atoms with Crippen LogP contribution in [-0.2, 0) is 0 Å². The van der Waals surface area contributed by atoms with Crippen LogP contribution in [0.4, 0.5) is 0 Å². The Balaban J connectivity index is 1.55. The summed E-state index contributed by atoms with van der Waals surface area (Å²) in [5, 5.41) is 0. The molecule has 6 heteroatoms. The van der Waals surface area contributed by atoms with Gasteiger partial charge in [-0.05, 0) is 25.7 Å². The lowest BCUT2D eigenvalue weighted by molar-refractivity contribution is 0.0731. The predicted octanol–water partition coefficient (Wildman–Crippen LogP) is 2.12. The number of carbonyl (C=O) groups excluding carboxylic acids is 1. The van der Waals surface area contributed by atoms with Crippen LogP contribution in [0.3, 0.4) is 0 Å². The molecule has 2 fully saturated rings. The van der Waals surface area contributed by atoms with Crippen molar-refractivity contribution in [3.63, 3.8) is 0 Å². The van der Waals surface area contributed by atoms with Gasteiger partial charge in [0.1, 0.15) is 5.82 Å². The standard InChI is InChI=1S/C16H17N5O/c22-16(12-8-19-15(20-9-12)11-3-4-11)21-7-1-2-14(21)13-10-17-5-6-18-13/h5-6,8-11,14H,1-4,7H2/t14-/m1/s1. The van der Waals surface area contributed by atoms with Crippen molar-refractivity contribution in [3.05, 3.63) is 48.1 Å². The molecule has 1 saturated heterocycles. The van der Waals surface area contributed by atoms with Crippen LogP contribution in [0.15, 0.2) is 31.0 Å². The molecule has 1 aliphatic carbocycles. The Bertz CT molecular complexity index is 669. The minimum absolute atomic E-state index is 0.00399. The van der Waals surface area contributed by atoms with E-state index in [4.69, 9.17) is 0 Å². The number of rotatable bonds is 3. The molecule has 2 aromatic rings. The Morgan fingerprint density at radius 3 is 2.55 bits per heavy atom. The van der Waals surface area contributed by atoms with Crippen LogP contribution in [0.1, 0.15) is 59.5 Å². The minimum atomic E-state index is -0.0181. The van der Waals surface area contributed by atoms with E-state index in [-0.39, 0.29) is 11.9 Å². The number of amides is 1. The van der Waals surface area contributed by atoms with E-state index < -0.39 is 0 Å². The maximum Gasteiger partial charge on any atom is 0.257 e. The molecule has 0 unspecified atom stereocenters. The number of aromatic nitrogens is 4. The minimum Gasteiger partial charge on any atom is -0.330 e. The summed E-state index contributed by atoms with van der Waals surface area (Å²) >= 11 is 0. The molecule has 0 N–H and O–H groups in total. The Kier molecular flexibility index (Phi) is 3.29. The van der Waals surface area contributed by atoms with Crippen molar-refractivity contribution in [2.24, 2.45) is 0 Å². The van der Waals surface area contributed by atoms with Crippen LogP contribution < -0.4 is 0 Å². The molecule has 0 spiro atoms. The van der Waals surface area contributed by atoms with E-state index in [1.54, 1.807) is 31.0 Å². The zero-order valence-corrected chi connectivity index (χ0v) is 12.2. The number of likely N-dealkylation sites (tertiary alicyclic amines) is 1. The largest absolute Gasteiger partial charge is 0.330 e. The summed E-state index contributed by atoms with van der Waals surface area (Å²) in [6, 6.07) is 0.00399. The maximum absolute atomic E-state index is 12.7. The van der Waals surface area contributed by atoms with Crippen molar-refractivity contribution in [1.82, 2.24) is 24.8 Å². The van der Waals surface area contributed by atoms with Crippen LogP contribution in [0.5, 0.6) is 0 Å². The Hall–Kier alpha value is -2.37. The highest BCUT2D eigenvalue weighted by Crippen LogP contribution is 2.37. The number of nitrogens with zero attached hydrogens (tertiary/aromatic N) is 5. The third-order valence-corrected chi connectivity index (χ3v) is 4.30. The average Bonchev–Trinajstić information content (AvgIpc) is 3.32. The molecule has 2 aromatic heterocycles. The lowest BCUT2D eigenvalue weighted by atomic mass is 10.1. The molecule has 0 bridgehead atoms. The second kappa shape index (κ2) is 5.44. The van der Waals surface area contributed by atoms with Crippen LogP contribution in [-0.4, -0.2) is 37.3 Å². The van der Waals surface area contributed by atoms with E-state index in [9.17, 15) is 4.79 Å². The van der Waals surface area contributed by atoms with Gasteiger partial charge < -0.3 is 4.90 Å². The topological polar surface area (TPSA) is 71.9 Å². The van der Waals surface area contributed by atoms with Crippen molar-refractivity contribution in [2.75, 3.05) is 6.54 Å². The van der Waals surface area contributed by atoms with Gasteiger partial charge in [0.15, 0.2) is 0 Å². The van der Waals surface area contributed by atoms with Crippen molar-refractivity contribution in [1.29, 1.82) is 0 Å². The fourth-order valence-corrected chi connectivity index (χ4v) is 2.97.